The molecule has 0 bridgehead atoms. The van der Waals surface area contributed by atoms with Crippen molar-refractivity contribution in [3.8, 4) is 0 Å². The van der Waals surface area contributed by atoms with E-state index in [-0.39, 0.29) is 5.91 Å². The summed E-state index contributed by atoms with van der Waals surface area (Å²) in [4.78, 5) is 13.7. The molecule has 0 fully saturated rings. The average molecular weight is 292 g/mol. The Balaban J connectivity index is 2.29. The highest BCUT2D eigenvalue weighted by atomic mass is 79.9. The van der Waals surface area contributed by atoms with E-state index in [9.17, 15) is 4.79 Å². The largest absolute Gasteiger partial charge is 0.351 e. The second kappa shape index (κ2) is 4.68. The molecule has 0 unspecified atom stereocenters. The first-order valence-corrected chi connectivity index (χ1v) is 7.07. The van der Waals surface area contributed by atoms with E-state index in [0.29, 0.717) is 0 Å². The molecule has 14 heavy (non-hydrogen) atoms. The standard InChI is InChI=1S/C9H10BrNOS2/c10-7-5-6-8(14-7)9(12)11-3-1-2-4-13-6/h5H,1-4H2,(H,11,12). The van der Waals surface area contributed by atoms with Gasteiger partial charge in [0.1, 0.15) is 4.88 Å². The van der Waals surface area contributed by atoms with Gasteiger partial charge < -0.3 is 5.32 Å². The molecule has 0 saturated carbocycles. The highest BCUT2D eigenvalue weighted by Gasteiger charge is 2.16. The molecular formula is C9H10BrNOS2. The van der Waals surface area contributed by atoms with Gasteiger partial charge in [-0.1, -0.05) is 0 Å². The van der Waals surface area contributed by atoms with Gasteiger partial charge >= 0.3 is 0 Å². The van der Waals surface area contributed by atoms with Crippen LogP contribution in [0.5, 0.6) is 0 Å². The molecule has 0 atom stereocenters. The summed E-state index contributed by atoms with van der Waals surface area (Å²) < 4.78 is 1.03. The lowest BCUT2D eigenvalue weighted by Crippen LogP contribution is -2.23. The van der Waals surface area contributed by atoms with Gasteiger partial charge in [-0.3, -0.25) is 4.79 Å². The van der Waals surface area contributed by atoms with Crippen LogP contribution in [0.4, 0.5) is 0 Å². The maximum absolute atomic E-state index is 11.7. The minimum Gasteiger partial charge on any atom is -0.351 e. The van der Waals surface area contributed by atoms with Gasteiger partial charge in [0.2, 0.25) is 0 Å². The minimum absolute atomic E-state index is 0.0742. The van der Waals surface area contributed by atoms with E-state index in [0.717, 1.165) is 38.7 Å². The number of thiophene rings is 1. The van der Waals surface area contributed by atoms with Crippen LogP contribution in [0.15, 0.2) is 14.7 Å². The average Bonchev–Trinajstić information content (AvgIpc) is 2.53. The lowest BCUT2D eigenvalue weighted by molar-refractivity contribution is 0.0955. The zero-order valence-electron chi connectivity index (χ0n) is 7.51. The fourth-order valence-electron chi connectivity index (χ4n) is 1.30. The van der Waals surface area contributed by atoms with Gasteiger partial charge in [0.05, 0.1) is 3.79 Å². The van der Waals surface area contributed by atoms with Crippen LogP contribution >= 0.6 is 39.0 Å². The van der Waals surface area contributed by atoms with Crippen LogP contribution in [-0.4, -0.2) is 18.2 Å². The molecule has 5 heteroatoms. The molecule has 0 aromatic carbocycles. The second-order valence-electron chi connectivity index (χ2n) is 3.06. The van der Waals surface area contributed by atoms with Crippen LogP contribution in [-0.2, 0) is 0 Å². The number of rotatable bonds is 0. The van der Waals surface area contributed by atoms with Crippen molar-refractivity contribution in [2.24, 2.45) is 0 Å². The van der Waals surface area contributed by atoms with Gasteiger partial charge in [0.15, 0.2) is 0 Å². The summed E-state index contributed by atoms with van der Waals surface area (Å²) in [6.07, 6.45) is 2.24. The lowest BCUT2D eigenvalue weighted by atomic mass is 10.3. The SMILES string of the molecule is O=C1NCCCCSc2cc(Br)sc21. The predicted octanol–water partition coefficient (Wildman–Crippen LogP) is 3.13. The smallest absolute Gasteiger partial charge is 0.262 e. The molecule has 76 valence electrons. The minimum atomic E-state index is 0.0742. The van der Waals surface area contributed by atoms with E-state index in [4.69, 9.17) is 0 Å². The van der Waals surface area contributed by atoms with Crippen LogP contribution in [0.2, 0.25) is 0 Å². The maximum atomic E-state index is 11.7. The molecule has 0 aliphatic carbocycles. The highest BCUT2D eigenvalue weighted by Crippen LogP contribution is 2.34. The molecule has 0 saturated heterocycles. The van der Waals surface area contributed by atoms with Gasteiger partial charge in [0.25, 0.3) is 5.91 Å². The monoisotopic (exact) mass is 291 g/mol. The fourth-order valence-corrected chi connectivity index (χ4v) is 4.23. The molecule has 0 spiro atoms. The zero-order valence-corrected chi connectivity index (χ0v) is 10.7. The molecule has 2 rings (SSSR count). The number of thioether (sulfide) groups is 1. The van der Waals surface area contributed by atoms with Gasteiger partial charge in [-0.25, -0.2) is 0 Å². The summed E-state index contributed by atoms with van der Waals surface area (Å²) in [5.74, 6) is 1.18. The number of carbonyl (C=O) groups is 1. The third kappa shape index (κ3) is 2.32. The summed E-state index contributed by atoms with van der Waals surface area (Å²) in [6, 6.07) is 2.04. The summed E-state index contributed by atoms with van der Waals surface area (Å²) in [7, 11) is 0. The molecule has 0 radical (unpaired) electrons. The summed E-state index contributed by atoms with van der Waals surface area (Å²) in [5.41, 5.74) is 0. The number of hydrogen-bond acceptors (Lipinski definition) is 3. The van der Waals surface area contributed by atoms with E-state index in [1.807, 2.05) is 6.07 Å². The van der Waals surface area contributed by atoms with Gasteiger partial charge in [-0.05, 0) is 40.6 Å². The first-order valence-electron chi connectivity index (χ1n) is 4.48. The number of nitrogens with one attached hydrogen (secondary N) is 1. The predicted molar refractivity (Wildman–Crippen MR) is 64.3 cm³/mol. The van der Waals surface area contributed by atoms with Crippen molar-refractivity contribution in [2.75, 3.05) is 12.3 Å². The number of amides is 1. The molecule has 1 aromatic rings. The van der Waals surface area contributed by atoms with Gasteiger partial charge in [-0.2, -0.15) is 0 Å². The van der Waals surface area contributed by atoms with Crippen molar-refractivity contribution in [3.63, 3.8) is 0 Å². The van der Waals surface area contributed by atoms with Crippen molar-refractivity contribution in [1.29, 1.82) is 0 Å². The summed E-state index contributed by atoms with van der Waals surface area (Å²) in [5, 5.41) is 2.93. The van der Waals surface area contributed by atoms with Crippen molar-refractivity contribution in [2.45, 2.75) is 17.7 Å². The third-order valence-corrected chi connectivity index (χ3v) is 4.88. The first-order chi connectivity index (χ1) is 6.77. The second-order valence-corrected chi connectivity index (χ2v) is 6.62. The van der Waals surface area contributed by atoms with Crippen LogP contribution < -0.4 is 5.32 Å². The van der Waals surface area contributed by atoms with E-state index in [1.165, 1.54) is 11.3 Å². The first kappa shape index (κ1) is 10.5. The Morgan fingerprint density at radius 2 is 2.29 bits per heavy atom. The zero-order chi connectivity index (χ0) is 9.97. The van der Waals surface area contributed by atoms with Crippen molar-refractivity contribution >= 4 is 44.9 Å². The molecular weight excluding hydrogens is 282 g/mol. The molecule has 1 amide bonds. The number of hydrogen-bond donors (Lipinski definition) is 1. The molecule has 1 aliphatic rings. The van der Waals surface area contributed by atoms with Gasteiger partial charge in [0, 0.05) is 11.4 Å². The Labute approximate surface area is 99.6 Å². The van der Waals surface area contributed by atoms with E-state index in [2.05, 4.69) is 21.2 Å². The summed E-state index contributed by atoms with van der Waals surface area (Å²) >= 11 is 6.71. The van der Waals surface area contributed by atoms with Crippen LogP contribution in [0.25, 0.3) is 0 Å². The van der Waals surface area contributed by atoms with E-state index >= 15 is 0 Å². The Bertz CT molecular complexity index is 351. The van der Waals surface area contributed by atoms with E-state index in [1.54, 1.807) is 11.8 Å². The Morgan fingerprint density at radius 1 is 1.43 bits per heavy atom. The van der Waals surface area contributed by atoms with Crippen molar-refractivity contribution in [1.82, 2.24) is 5.32 Å². The Kier molecular flexibility index (Phi) is 3.52. The maximum Gasteiger partial charge on any atom is 0.262 e. The topological polar surface area (TPSA) is 29.1 Å². The number of fused-ring (bicyclic) bond motifs is 1. The number of carbonyl (C=O) groups excluding carboxylic acids is 1. The number of halogens is 1. The quantitative estimate of drug-likeness (QED) is 0.796. The molecule has 1 aromatic heterocycles. The molecule has 2 heterocycles. The van der Waals surface area contributed by atoms with Crippen LogP contribution in [0.3, 0.4) is 0 Å². The van der Waals surface area contributed by atoms with Crippen LogP contribution in [0.1, 0.15) is 22.5 Å². The molecule has 2 nitrogen and oxygen atoms in total. The van der Waals surface area contributed by atoms with Crippen LogP contribution in [0, 0.1) is 0 Å². The van der Waals surface area contributed by atoms with E-state index < -0.39 is 0 Å². The lowest BCUT2D eigenvalue weighted by Gasteiger charge is -2.00. The Hall–Kier alpha value is -0.0000000000000000833. The fraction of sp³-hybridized carbons (Fsp3) is 0.444. The Morgan fingerprint density at radius 3 is 3.14 bits per heavy atom. The third-order valence-electron chi connectivity index (χ3n) is 1.99. The normalized spacial score (nSPS) is 17.6. The molecule has 1 aliphatic heterocycles. The van der Waals surface area contributed by atoms with Crippen molar-refractivity contribution in [3.05, 3.63) is 14.7 Å². The van der Waals surface area contributed by atoms with Gasteiger partial charge in [-0.15, -0.1) is 23.1 Å². The molecule has 1 N–H and O–H groups in total. The van der Waals surface area contributed by atoms with Crippen molar-refractivity contribution < 1.29 is 4.79 Å². The highest BCUT2D eigenvalue weighted by molar-refractivity contribution is 9.11. The summed E-state index contributed by atoms with van der Waals surface area (Å²) in [6.45, 7) is 0.800.